The molecule has 0 bridgehead atoms. The van der Waals surface area contributed by atoms with Crippen LogP contribution in [-0.2, 0) is 13.0 Å². The highest BCUT2D eigenvalue weighted by Gasteiger charge is 2.26. The molecule has 1 saturated carbocycles. The van der Waals surface area contributed by atoms with Crippen LogP contribution >= 0.6 is 0 Å². The van der Waals surface area contributed by atoms with E-state index in [1.54, 1.807) is 0 Å². The van der Waals surface area contributed by atoms with Gasteiger partial charge in [0.15, 0.2) is 0 Å². The summed E-state index contributed by atoms with van der Waals surface area (Å²) in [7, 11) is 0. The van der Waals surface area contributed by atoms with Crippen LogP contribution in [0.15, 0.2) is 54.6 Å². The first-order valence-corrected chi connectivity index (χ1v) is 11.1. The second-order valence-corrected chi connectivity index (χ2v) is 8.79. The summed E-state index contributed by atoms with van der Waals surface area (Å²) in [6.45, 7) is 7.91. The quantitative estimate of drug-likeness (QED) is 0.480. The van der Waals surface area contributed by atoms with Crippen LogP contribution < -0.4 is 0 Å². The summed E-state index contributed by atoms with van der Waals surface area (Å²) < 4.78 is 14.2. The zero-order valence-corrected chi connectivity index (χ0v) is 17.8. The maximum Gasteiger partial charge on any atom is 0.107 e. The van der Waals surface area contributed by atoms with Gasteiger partial charge in [-0.25, -0.2) is 4.39 Å². The number of nitrogens with zero attached hydrogens (tertiary/aromatic N) is 1. The van der Waals surface area contributed by atoms with Gasteiger partial charge >= 0.3 is 0 Å². The van der Waals surface area contributed by atoms with Gasteiger partial charge in [-0.1, -0.05) is 67.4 Å². The number of halogens is 1. The molecule has 0 aliphatic heterocycles. The monoisotopic (exact) mass is 381 g/mol. The van der Waals surface area contributed by atoms with Crippen LogP contribution in [0.5, 0.6) is 0 Å². The molecule has 2 heteroatoms. The third-order valence-corrected chi connectivity index (χ3v) is 6.38. The molecule has 0 heterocycles. The lowest BCUT2D eigenvalue weighted by Crippen LogP contribution is -2.38. The summed E-state index contributed by atoms with van der Waals surface area (Å²) in [5.41, 5.74) is 3.93. The normalized spacial score (nSPS) is 21.2. The Morgan fingerprint density at radius 2 is 1.57 bits per heavy atom. The zero-order valence-electron chi connectivity index (χ0n) is 17.8. The van der Waals surface area contributed by atoms with Crippen molar-refractivity contribution in [2.45, 2.75) is 90.0 Å². The summed E-state index contributed by atoms with van der Waals surface area (Å²) in [6, 6.07) is 20.6. The second kappa shape index (κ2) is 10.2. The van der Waals surface area contributed by atoms with Crippen molar-refractivity contribution in [1.29, 1.82) is 0 Å². The van der Waals surface area contributed by atoms with Crippen LogP contribution in [0.1, 0.15) is 75.5 Å². The SMILES string of the molecule is CC(C)N(Cc1ccccc1)C(C)CCc1ccc(C2CCCCC2F)cc1. The molecule has 0 N–H and O–H groups in total. The predicted molar refractivity (Wildman–Crippen MR) is 117 cm³/mol. The predicted octanol–water partition coefficient (Wildman–Crippen LogP) is 6.91. The highest BCUT2D eigenvalue weighted by atomic mass is 19.1. The Kier molecular flexibility index (Phi) is 7.67. The molecule has 28 heavy (non-hydrogen) atoms. The van der Waals surface area contributed by atoms with Crippen molar-refractivity contribution in [2.75, 3.05) is 0 Å². The Morgan fingerprint density at radius 1 is 0.893 bits per heavy atom. The van der Waals surface area contributed by atoms with Crippen LogP contribution in [0, 0.1) is 0 Å². The van der Waals surface area contributed by atoms with Gasteiger partial charge < -0.3 is 0 Å². The Bertz CT molecular complexity index is 694. The van der Waals surface area contributed by atoms with Crippen molar-refractivity contribution in [3.05, 3.63) is 71.3 Å². The molecule has 3 atom stereocenters. The van der Waals surface area contributed by atoms with Gasteiger partial charge in [0, 0.05) is 24.5 Å². The second-order valence-electron chi connectivity index (χ2n) is 8.79. The largest absolute Gasteiger partial charge is 0.294 e. The lowest BCUT2D eigenvalue weighted by Gasteiger charge is -2.33. The van der Waals surface area contributed by atoms with E-state index in [1.807, 2.05) is 0 Å². The summed E-state index contributed by atoms with van der Waals surface area (Å²) in [4.78, 5) is 2.58. The minimum absolute atomic E-state index is 0.115. The number of benzene rings is 2. The Balaban J connectivity index is 1.56. The molecule has 0 saturated heterocycles. The molecular weight excluding hydrogens is 345 g/mol. The van der Waals surface area contributed by atoms with Crippen LogP contribution in [0.25, 0.3) is 0 Å². The lowest BCUT2D eigenvalue weighted by molar-refractivity contribution is 0.147. The molecule has 0 radical (unpaired) electrons. The number of aryl methyl sites for hydroxylation is 1. The van der Waals surface area contributed by atoms with Crippen molar-refractivity contribution >= 4 is 0 Å². The van der Waals surface area contributed by atoms with Crippen LogP contribution in [0.2, 0.25) is 0 Å². The molecule has 0 spiro atoms. The summed E-state index contributed by atoms with van der Waals surface area (Å²) >= 11 is 0. The molecule has 0 aromatic heterocycles. The first kappa shape index (κ1) is 21.0. The van der Waals surface area contributed by atoms with E-state index in [0.717, 1.165) is 45.1 Å². The molecular formula is C26H36FN. The van der Waals surface area contributed by atoms with Gasteiger partial charge in [0.1, 0.15) is 6.17 Å². The van der Waals surface area contributed by atoms with E-state index in [-0.39, 0.29) is 5.92 Å². The summed E-state index contributed by atoms with van der Waals surface area (Å²) in [5.74, 6) is 0.115. The fraction of sp³-hybridized carbons (Fsp3) is 0.538. The molecule has 3 rings (SSSR count). The molecule has 2 aromatic carbocycles. The number of alkyl halides is 1. The van der Waals surface area contributed by atoms with Crippen molar-refractivity contribution in [3.8, 4) is 0 Å². The first-order valence-electron chi connectivity index (χ1n) is 11.1. The number of hydrogen-bond acceptors (Lipinski definition) is 1. The smallest absolute Gasteiger partial charge is 0.107 e. The number of hydrogen-bond donors (Lipinski definition) is 0. The minimum atomic E-state index is -0.655. The molecule has 1 nitrogen and oxygen atoms in total. The molecule has 1 fully saturated rings. The van der Waals surface area contributed by atoms with Crippen LogP contribution in [0.4, 0.5) is 4.39 Å². The van der Waals surface area contributed by atoms with Gasteiger partial charge in [0.25, 0.3) is 0 Å². The van der Waals surface area contributed by atoms with Crippen LogP contribution in [-0.4, -0.2) is 23.2 Å². The zero-order chi connectivity index (χ0) is 19.9. The maximum atomic E-state index is 14.2. The van der Waals surface area contributed by atoms with Crippen molar-refractivity contribution < 1.29 is 4.39 Å². The van der Waals surface area contributed by atoms with Gasteiger partial charge in [0.05, 0.1) is 0 Å². The third-order valence-electron chi connectivity index (χ3n) is 6.38. The van der Waals surface area contributed by atoms with E-state index < -0.39 is 6.17 Å². The molecule has 2 aromatic rings. The van der Waals surface area contributed by atoms with E-state index in [9.17, 15) is 4.39 Å². The average Bonchev–Trinajstić information content (AvgIpc) is 2.71. The van der Waals surface area contributed by atoms with Crippen molar-refractivity contribution in [1.82, 2.24) is 4.90 Å². The highest BCUT2D eigenvalue weighted by molar-refractivity contribution is 5.27. The Hall–Kier alpha value is -1.67. The van der Waals surface area contributed by atoms with Crippen LogP contribution in [0.3, 0.4) is 0 Å². The molecule has 0 amide bonds. The Labute approximate surface area is 171 Å². The molecule has 152 valence electrons. The van der Waals surface area contributed by atoms with Gasteiger partial charge in [-0.15, -0.1) is 0 Å². The fourth-order valence-corrected chi connectivity index (χ4v) is 4.58. The van der Waals surface area contributed by atoms with E-state index in [2.05, 4.69) is 80.3 Å². The topological polar surface area (TPSA) is 3.24 Å². The van der Waals surface area contributed by atoms with E-state index in [0.29, 0.717) is 12.1 Å². The standard InChI is InChI=1S/C26H36FN/c1-20(2)28(19-23-9-5-4-6-10-23)21(3)13-14-22-15-17-24(18-16-22)25-11-7-8-12-26(25)27/h4-6,9-10,15-18,20-21,25-26H,7-8,11-14,19H2,1-3H3. The summed E-state index contributed by atoms with van der Waals surface area (Å²) in [5, 5.41) is 0. The molecule has 3 unspecified atom stereocenters. The molecule has 1 aliphatic carbocycles. The Morgan fingerprint density at radius 3 is 2.21 bits per heavy atom. The highest BCUT2D eigenvalue weighted by Crippen LogP contribution is 2.35. The van der Waals surface area contributed by atoms with Gasteiger partial charge in [0.2, 0.25) is 0 Å². The van der Waals surface area contributed by atoms with Gasteiger partial charge in [-0.05, 0) is 63.1 Å². The lowest BCUT2D eigenvalue weighted by atomic mass is 9.82. The maximum absolute atomic E-state index is 14.2. The minimum Gasteiger partial charge on any atom is -0.294 e. The van der Waals surface area contributed by atoms with E-state index in [1.165, 1.54) is 16.7 Å². The van der Waals surface area contributed by atoms with Crippen molar-refractivity contribution in [2.24, 2.45) is 0 Å². The summed E-state index contributed by atoms with van der Waals surface area (Å²) in [6.07, 6.45) is 5.50. The van der Waals surface area contributed by atoms with E-state index >= 15 is 0 Å². The van der Waals surface area contributed by atoms with Gasteiger partial charge in [-0.2, -0.15) is 0 Å². The third kappa shape index (κ3) is 5.67. The van der Waals surface area contributed by atoms with Crippen molar-refractivity contribution in [3.63, 3.8) is 0 Å². The first-order chi connectivity index (χ1) is 13.5. The van der Waals surface area contributed by atoms with E-state index in [4.69, 9.17) is 0 Å². The molecule has 1 aliphatic rings. The number of rotatable bonds is 8. The fourth-order valence-electron chi connectivity index (χ4n) is 4.58. The average molecular weight is 382 g/mol. The van der Waals surface area contributed by atoms with Gasteiger partial charge in [-0.3, -0.25) is 4.90 Å².